The van der Waals surface area contributed by atoms with E-state index in [4.69, 9.17) is 4.42 Å². The molecule has 0 fully saturated rings. The molecule has 0 unspecified atom stereocenters. The molecule has 152 valence electrons. The molecular formula is C24H22N2O3S. The summed E-state index contributed by atoms with van der Waals surface area (Å²) >= 11 is 0. The summed E-state index contributed by atoms with van der Waals surface area (Å²) in [4.78, 5) is 4.55. The molecule has 1 heterocycles. The molecular weight excluding hydrogens is 396 g/mol. The van der Waals surface area contributed by atoms with Crippen LogP contribution in [0.1, 0.15) is 16.7 Å². The van der Waals surface area contributed by atoms with Gasteiger partial charge in [-0.05, 0) is 68.3 Å². The van der Waals surface area contributed by atoms with Gasteiger partial charge >= 0.3 is 0 Å². The van der Waals surface area contributed by atoms with E-state index in [2.05, 4.69) is 10.3 Å². The highest BCUT2D eigenvalue weighted by atomic mass is 32.2. The highest BCUT2D eigenvalue weighted by Crippen LogP contribution is 2.34. The van der Waals surface area contributed by atoms with Crippen molar-refractivity contribution in [2.45, 2.75) is 30.7 Å². The highest BCUT2D eigenvalue weighted by Gasteiger charge is 2.28. The molecule has 0 amide bonds. The van der Waals surface area contributed by atoms with Gasteiger partial charge in [0.25, 0.3) is 0 Å². The first-order chi connectivity index (χ1) is 14.3. The molecule has 3 aromatic carbocycles. The number of rotatable bonds is 5. The molecule has 1 aromatic heterocycles. The maximum Gasteiger partial charge on any atom is 0.238 e. The maximum absolute atomic E-state index is 13.4. The zero-order valence-corrected chi connectivity index (χ0v) is 17.8. The molecule has 1 N–H and O–H groups in total. The Labute approximate surface area is 176 Å². The van der Waals surface area contributed by atoms with Gasteiger partial charge in [0, 0.05) is 11.3 Å². The van der Waals surface area contributed by atoms with Crippen LogP contribution in [-0.4, -0.2) is 13.4 Å². The quantitative estimate of drug-likeness (QED) is 0.441. The minimum absolute atomic E-state index is 0.0967. The Morgan fingerprint density at radius 3 is 2.07 bits per heavy atom. The van der Waals surface area contributed by atoms with E-state index >= 15 is 0 Å². The Kier molecular flexibility index (Phi) is 5.18. The molecule has 30 heavy (non-hydrogen) atoms. The number of oxazole rings is 1. The van der Waals surface area contributed by atoms with Gasteiger partial charge in [-0.25, -0.2) is 8.42 Å². The number of anilines is 2. The minimum atomic E-state index is -3.88. The van der Waals surface area contributed by atoms with Gasteiger partial charge in [-0.3, -0.25) is 0 Å². The third-order valence-corrected chi connectivity index (χ3v) is 6.36. The van der Waals surface area contributed by atoms with Gasteiger partial charge < -0.3 is 9.73 Å². The summed E-state index contributed by atoms with van der Waals surface area (Å²) in [7, 11) is -3.88. The first-order valence-electron chi connectivity index (χ1n) is 9.56. The Balaban J connectivity index is 1.85. The molecule has 6 heteroatoms. The largest absolute Gasteiger partial charge is 0.419 e. The summed E-state index contributed by atoms with van der Waals surface area (Å²) in [6.45, 7) is 5.88. The first-order valence-corrected chi connectivity index (χ1v) is 11.0. The third-order valence-electron chi connectivity index (χ3n) is 4.68. The van der Waals surface area contributed by atoms with Crippen LogP contribution in [0.4, 0.5) is 11.6 Å². The second-order valence-electron chi connectivity index (χ2n) is 7.34. The number of hydrogen-bond donors (Lipinski definition) is 1. The number of nitrogens with one attached hydrogen (secondary N) is 1. The summed E-state index contributed by atoms with van der Waals surface area (Å²) in [6.07, 6.45) is 0. The van der Waals surface area contributed by atoms with Crippen molar-refractivity contribution >= 4 is 21.4 Å². The van der Waals surface area contributed by atoms with E-state index in [0.29, 0.717) is 5.56 Å². The summed E-state index contributed by atoms with van der Waals surface area (Å²) < 4.78 is 32.7. The van der Waals surface area contributed by atoms with Crippen LogP contribution in [0.5, 0.6) is 0 Å². The van der Waals surface area contributed by atoms with Gasteiger partial charge in [-0.15, -0.1) is 0 Å². The second kappa shape index (κ2) is 7.80. The van der Waals surface area contributed by atoms with Crippen molar-refractivity contribution in [3.8, 4) is 11.5 Å². The van der Waals surface area contributed by atoms with Crippen LogP contribution in [0.3, 0.4) is 0 Å². The van der Waals surface area contributed by atoms with Crippen molar-refractivity contribution in [2.24, 2.45) is 0 Å². The van der Waals surface area contributed by atoms with Crippen molar-refractivity contribution in [3.05, 3.63) is 89.5 Å². The molecule has 4 rings (SSSR count). The van der Waals surface area contributed by atoms with Crippen molar-refractivity contribution in [1.82, 2.24) is 4.98 Å². The van der Waals surface area contributed by atoms with Gasteiger partial charge in [-0.2, -0.15) is 4.98 Å². The predicted molar refractivity (Wildman–Crippen MR) is 118 cm³/mol. The van der Waals surface area contributed by atoms with Crippen LogP contribution in [-0.2, 0) is 9.84 Å². The van der Waals surface area contributed by atoms with Crippen LogP contribution < -0.4 is 5.32 Å². The van der Waals surface area contributed by atoms with Gasteiger partial charge in [0.2, 0.25) is 26.6 Å². The monoisotopic (exact) mass is 418 g/mol. The average molecular weight is 419 g/mol. The molecule has 0 atom stereocenters. The van der Waals surface area contributed by atoms with E-state index in [9.17, 15) is 8.42 Å². The Hall–Kier alpha value is -3.38. The molecule has 0 spiro atoms. The fourth-order valence-corrected chi connectivity index (χ4v) is 4.54. The lowest BCUT2D eigenvalue weighted by atomic mass is 10.1. The Bertz CT molecular complexity index is 1270. The predicted octanol–water partition coefficient (Wildman–Crippen LogP) is 5.84. The van der Waals surface area contributed by atoms with Gasteiger partial charge in [0.05, 0.1) is 4.90 Å². The molecule has 0 saturated heterocycles. The molecule has 4 aromatic rings. The van der Waals surface area contributed by atoms with Crippen LogP contribution >= 0.6 is 0 Å². The van der Waals surface area contributed by atoms with Crippen molar-refractivity contribution in [3.63, 3.8) is 0 Å². The van der Waals surface area contributed by atoms with Crippen LogP contribution in [0, 0.1) is 20.8 Å². The topological polar surface area (TPSA) is 72.2 Å². The van der Waals surface area contributed by atoms with E-state index in [1.54, 1.807) is 24.3 Å². The Morgan fingerprint density at radius 2 is 1.43 bits per heavy atom. The summed E-state index contributed by atoms with van der Waals surface area (Å²) in [6, 6.07) is 21.9. The lowest BCUT2D eigenvalue weighted by molar-refractivity contribution is 0.582. The fourth-order valence-electron chi connectivity index (χ4n) is 3.28. The van der Waals surface area contributed by atoms with Crippen molar-refractivity contribution < 1.29 is 12.8 Å². The molecule has 0 aliphatic rings. The second-order valence-corrected chi connectivity index (χ2v) is 9.20. The zero-order chi connectivity index (χ0) is 21.3. The number of benzene rings is 3. The van der Waals surface area contributed by atoms with E-state index in [0.717, 1.165) is 22.4 Å². The van der Waals surface area contributed by atoms with Crippen LogP contribution in [0.15, 0.2) is 87.1 Å². The molecule has 0 bridgehead atoms. The SMILES string of the molecule is Cc1ccc(S(=O)(=O)c2nc(-c3ccccc3)oc2Nc2cc(C)cc(C)c2)cc1. The standard InChI is InChI=1S/C24H22N2O3S/c1-16-9-11-21(12-10-16)30(27,28)24-23(25-20-14-17(2)13-18(3)15-20)29-22(26-24)19-7-5-4-6-8-19/h4-15,25H,1-3H3. The summed E-state index contributed by atoms with van der Waals surface area (Å²) in [5.74, 6) is 0.340. The lowest BCUT2D eigenvalue weighted by Crippen LogP contribution is -2.05. The van der Waals surface area contributed by atoms with Crippen LogP contribution in [0.25, 0.3) is 11.5 Å². The maximum atomic E-state index is 13.4. The molecule has 0 aliphatic carbocycles. The molecule has 0 aliphatic heterocycles. The Morgan fingerprint density at radius 1 is 0.800 bits per heavy atom. The number of aromatic nitrogens is 1. The summed E-state index contributed by atoms with van der Waals surface area (Å²) in [5.41, 5.74) is 4.54. The fraction of sp³-hybridized carbons (Fsp3) is 0.125. The van der Waals surface area contributed by atoms with Crippen LogP contribution in [0.2, 0.25) is 0 Å². The van der Waals surface area contributed by atoms with Gasteiger partial charge in [0.1, 0.15) is 0 Å². The highest BCUT2D eigenvalue weighted by molar-refractivity contribution is 7.91. The van der Waals surface area contributed by atoms with Crippen molar-refractivity contribution in [1.29, 1.82) is 0 Å². The zero-order valence-electron chi connectivity index (χ0n) is 17.0. The lowest BCUT2D eigenvalue weighted by Gasteiger charge is -2.08. The van der Waals surface area contributed by atoms with E-state index in [1.165, 1.54) is 0 Å². The van der Waals surface area contributed by atoms with Gasteiger partial charge in [-0.1, -0.05) is 42.0 Å². The third kappa shape index (κ3) is 4.00. The minimum Gasteiger partial charge on any atom is -0.419 e. The van der Waals surface area contributed by atoms with Gasteiger partial charge in [0.15, 0.2) is 0 Å². The first kappa shape index (κ1) is 19.9. The van der Waals surface area contributed by atoms with E-state index in [-0.39, 0.29) is 21.7 Å². The number of hydrogen-bond acceptors (Lipinski definition) is 5. The normalized spacial score (nSPS) is 11.4. The van der Waals surface area contributed by atoms with E-state index in [1.807, 2.05) is 69.3 Å². The smallest absolute Gasteiger partial charge is 0.238 e. The van der Waals surface area contributed by atoms with E-state index < -0.39 is 9.84 Å². The van der Waals surface area contributed by atoms with Crippen molar-refractivity contribution in [2.75, 3.05) is 5.32 Å². The number of aryl methyl sites for hydroxylation is 3. The number of nitrogens with zero attached hydrogens (tertiary/aromatic N) is 1. The average Bonchev–Trinajstić information content (AvgIpc) is 3.13. The summed E-state index contributed by atoms with van der Waals surface area (Å²) in [5, 5.41) is 2.99. The molecule has 0 radical (unpaired) electrons. The number of sulfone groups is 1. The molecule has 5 nitrogen and oxygen atoms in total. The molecule has 0 saturated carbocycles.